The Bertz CT molecular complexity index is 423. The second-order valence-electron chi connectivity index (χ2n) is 4.46. The predicted octanol–water partition coefficient (Wildman–Crippen LogP) is 3.13. The van der Waals surface area contributed by atoms with Crippen molar-refractivity contribution in [3.63, 3.8) is 0 Å². The van der Waals surface area contributed by atoms with Crippen LogP contribution in [0.3, 0.4) is 0 Å². The largest absolute Gasteiger partial charge is 0.500 e. The van der Waals surface area contributed by atoms with Crippen LogP contribution in [0.15, 0.2) is 48.0 Å². The van der Waals surface area contributed by atoms with E-state index in [9.17, 15) is 4.79 Å². The van der Waals surface area contributed by atoms with Gasteiger partial charge in [-0.2, -0.15) is 0 Å². The monoisotopic (exact) mass is 278 g/mol. The van der Waals surface area contributed by atoms with E-state index in [-0.39, 0.29) is 5.97 Å². The summed E-state index contributed by atoms with van der Waals surface area (Å²) in [5, 5.41) is 0. The van der Waals surface area contributed by atoms with Crippen LogP contribution < -0.4 is 0 Å². The van der Waals surface area contributed by atoms with E-state index in [1.165, 1.54) is 7.11 Å². The van der Waals surface area contributed by atoms with E-state index in [4.69, 9.17) is 14.2 Å². The van der Waals surface area contributed by atoms with E-state index in [1.807, 2.05) is 0 Å². The first-order valence-electron chi connectivity index (χ1n) is 6.45. The molecule has 0 heterocycles. The number of rotatable bonds is 7. The summed E-state index contributed by atoms with van der Waals surface area (Å²) in [6.07, 6.45) is 5.61. The summed E-state index contributed by atoms with van der Waals surface area (Å²) in [6.45, 7) is 7.50. The number of carbonyl (C=O) groups excluding carboxylic acids is 1. The molecular formula is C16H22O4. The minimum absolute atomic E-state index is 0.387. The Labute approximate surface area is 120 Å². The molecule has 0 atom stereocenters. The zero-order valence-electron chi connectivity index (χ0n) is 12.4. The van der Waals surface area contributed by atoms with Gasteiger partial charge in [0.2, 0.25) is 0 Å². The van der Waals surface area contributed by atoms with Crippen LogP contribution in [0, 0.1) is 5.92 Å². The van der Waals surface area contributed by atoms with Crippen LogP contribution in [0.2, 0.25) is 0 Å². The highest BCUT2D eigenvalue weighted by Crippen LogP contribution is 2.39. The molecule has 4 heteroatoms. The van der Waals surface area contributed by atoms with E-state index >= 15 is 0 Å². The Hall–Kier alpha value is -1.97. The molecule has 1 aliphatic rings. The van der Waals surface area contributed by atoms with Crippen molar-refractivity contribution in [3.8, 4) is 0 Å². The molecular weight excluding hydrogens is 256 g/mol. The lowest BCUT2D eigenvalue weighted by atomic mass is 9.84. The van der Waals surface area contributed by atoms with Crippen LogP contribution in [-0.2, 0) is 19.0 Å². The van der Waals surface area contributed by atoms with E-state index in [2.05, 4.69) is 13.2 Å². The van der Waals surface area contributed by atoms with Crippen molar-refractivity contribution in [1.82, 2.24) is 0 Å². The highest BCUT2D eigenvalue weighted by molar-refractivity contribution is 5.79. The van der Waals surface area contributed by atoms with Gasteiger partial charge in [-0.05, 0) is 30.4 Å². The van der Waals surface area contributed by atoms with Crippen LogP contribution in [0.25, 0.3) is 0 Å². The Morgan fingerprint density at radius 1 is 1.10 bits per heavy atom. The molecule has 0 aromatic carbocycles. The molecule has 0 aliphatic heterocycles. The van der Waals surface area contributed by atoms with Gasteiger partial charge in [0.25, 0.3) is 0 Å². The third kappa shape index (κ3) is 3.13. The summed E-state index contributed by atoms with van der Waals surface area (Å²) in [7, 11) is 4.47. The van der Waals surface area contributed by atoms with Gasteiger partial charge in [-0.1, -0.05) is 12.2 Å². The fourth-order valence-corrected chi connectivity index (χ4v) is 2.51. The van der Waals surface area contributed by atoms with Crippen LogP contribution in [0.1, 0.15) is 19.3 Å². The normalized spacial score (nSPS) is 15.9. The maximum Gasteiger partial charge on any atom is 0.324 e. The molecule has 0 amide bonds. The molecule has 20 heavy (non-hydrogen) atoms. The Balaban J connectivity index is 3.35. The number of methoxy groups -OCH3 is 3. The molecule has 0 bridgehead atoms. The van der Waals surface area contributed by atoms with E-state index < -0.39 is 5.92 Å². The summed E-state index contributed by atoms with van der Waals surface area (Å²) in [6, 6.07) is 0. The second-order valence-corrected chi connectivity index (χ2v) is 4.46. The number of esters is 1. The second kappa shape index (κ2) is 7.58. The molecule has 1 aliphatic carbocycles. The number of allylic oxidation sites excluding steroid dienone is 4. The summed E-state index contributed by atoms with van der Waals surface area (Å²) >= 11 is 0. The Kier molecular flexibility index (Phi) is 6.10. The fraction of sp³-hybridized carbons (Fsp3) is 0.438. The van der Waals surface area contributed by atoms with Crippen molar-refractivity contribution in [2.75, 3.05) is 21.3 Å². The highest BCUT2D eigenvalue weighted by Gasteiger charge is 2.37. The van der Waals surface area contributed by atoms with Crippen LogP contribution in [0.4, 0.5) is 0 Å². The maximum atomic E-state index is 12.1. The number of hydrogen-bond acceptors (Lipinski definition) is 4. The lowest BCUT2D eigenvalue weighted by molar-refractivity contribution is -0.145. The number of hydrogen-bond donors (Lipinski definition) is 0. The standard InChI is InChI=1S/C16H22O4/c1-6-8-11-10-12(9-7-2)15(19-4)13(14(11)18-3)16(17)20-5/h6-7,13H,1-2,8-10H2,3-5H3. The smallest absolute Gasteiger partial charge is 0.324 e. The molecule has 0 fully saturated rings. The molecule has 110 valence electrons. The zero-order valence-corrected chi connectivity index (χ0v) is 12.4. The van der Waals surface area contributed by atoms with Crippen molar-refractivity contribution < 1.29 is 19.0 Å². The van der Waals surface area contributed by atoms with Crippen LogP contribution >= 0.6 is 0 Å². The lowest BCUT2D eigenvalue weighted by Crippen LogP contribution is -2.28. The third-order valence-electron chi connectivity index (χ3n) is 3.31. The van der Waals surface area contributed by atoms with Crippen molar-refractivity contribution in [2.45, 2.75) is 19.3 Å². The van der Waals surface area contributed by atoms with Gasteiger partial charge >= 0.3 is 5.97 Å². The molecule has 0 unspecified atom stereocenters. The first-order valence-corrected chi connectivity index (χ1v) is 6.45. The lowest BCUT2D eigenvalue weighted by Gasteiger charge is -2.29. The van der Waals surface area contributed by atoms with Gasteiger partial charge in [0.15, 0.2) is 5.92 Å². The SMILES string of the molecule is C=CCC1=C(OC)C(C(=O)OC)C(OC)=C(CC=C)C1. The molecule has 0 radical (unpaired) electrons. The van der Waals surface area contributed by atoms with Gasteiger partial charge in [-0.15, -0.1) is 13.2 Å². The van der Waals surface area contributed by atoms with Gasteiger partial charge in [-0.3, -0.25) is 4.79 Å². The molecule has 1 rings (SSSR count). The first-order chi connectivity index (χ1) is 9.64. The van der Waals surface area contributed by atoms with Gasteiger partial charge in [0.1, 0.15) is 11.5 Å². The third-order valence-corrected chi connectivity index (χ3v) is 3.31. The van der Waals surface area contributed by atoms with Crippen molar-refractivity contribution in [2.24, 2.45) is 5.92 Å². The zero-order chi connectivity index (χ0) is 15.1. The highest BCUT2D eigenvalue weighted by atomic mass is 16.5. The fourth-order valence-electron chi connectivity index (χ4n) is 2.51. The molecule has 0 saturated heterocycles. The number of ether oxygens (including phenoxy) is 3. The molecule has 0 aromatic heterocycles. The maximum absolute atomic E-state index is 12.1. The van der Waals surface area contributed by atoms with Gasteiger partial charge < -0.3 is 14.2 Å². The average Bonchev–Trinajstić information content (AvgIpc) is 2.46. The summed E-state index contributed by atoms with van der Waals surface area (Å²) < 4.78 is 15.8. The molecule has 4 nitrogen and oxygen atoms in total. The quantitative estimate of drug-likeness (QED) is 0.530. The van der Waals surface area contributed by atoms with Crippen molar-refractivity contribution >= 4 is 5.97 Å². The predicted molar refractivity (Wildman–Crippen MR) is 77.8 cm³/mol. The molecule has 0 N–H and O–H groups in total. The van der Waals surface area contributed by atoms with Crippen LogP contribution in [0.5, 0.6) is 0 Å². The van der Waals surface area contributed by atoms with E-state index in [0.29, 0.717) is 30.8 Å². The number of carbonyl (C=O) groups is 1. The van der Waals surface area contributed by atoms with Gasteiger partial charge in [-0.25, -0.2) is 0 Å². The van der Waals surface area contributed by atoms with Crippen molar-refractivity contribution in [1.29, 1.82) is 0 Å². The molecule has 0 aromatic rings. The minimum atomic E-state index is -0.645. The van der Waals surface area contributed by atoms with Gasteiger partial charge in [0, 0.05) is 0 Å². The summed E-state index contributed by atoms with van der Waals surface area (Å²) in [5.41, 5.74) is 2.05. The van der Waals surface area contributed by atoms with Crippen molar-refractivity contribution in [3.05, 3.63) is 48.0 Å². The minimum Gasteiger partial charge on any atom is -0.500 e. The molecule has 0 spiro atoms. The topological polar surface area (TPSA) is 44.8 Å². The average molecular weight is 278 g/mol. The Morgan fingerprint density at radius 3 is 1.85 bits per heavy atom. The van der Waals surface area contributed by atoms with Gasteiger partial charge in [0.05, 0.1) is 21.3 Å². The summed E-state index contributed by atoms with van der Waals surface area (Å²) in [5.74, 6) is 0.165. The molecule has 0 saturated carbocycles. The summed E-state index contributed by atoms with van der Waals surface area (Å²) in [4.78, 5) is 12.1. The van der Waals surface area contributed by atoms with E-state index in [0.717, 1.165) is 11.1 Å². The van der Waals surface area contributed by atoms with Crippen LogP contribution in [-0.4, -0.2) is 27.3 Å². The Morgan fingerprint density at radius 2 is 1.55 bits per heavy atom. The van der Waals surface area contributed by atoms with E-state index in [1.54, 1.807) is 26.4 Å². The first kappa shape index (κ1) is 16.1.